The number of urea groups is 1. The summed E-state index contributed by atoms with van der Waals surface area (Å²) in [5.41, 5.74) is 4.65. The van der Waals surface area contributed by atoms with Crippen molar-refractivity contribution in [1.82, 2.24) is 4.90 Å². The molecule has 0 aromatic rings. The zero-order chi connectivity index (χ0) is 11.6. The Morgan fingerprint density at radius 1 is 1.40 bits per heavy atom. The van der Waals surface area contributed by atoms with Gasteiger partial charge in [0.1, 0.15) is 5.60 Å². The Kier molecular flexibility index (Phi) is 3.21. The summed E-state index contributed by atoms with van der Waals surface area (Å²) in [6, 6.07) is -0.471. The topological polar surface area (TPSA) is 72.6 Å². The molecule has 0 saturated carbocycles. The molecule has 0 radical (unpaired) electrons. The molecule has 86 valence electrons. The van der Waals surface area contributed by atoms with E-state index in [9.17, 15) is 9.59 Å². The molecule has 1 rings (SSSR count). The summed E-state index contributed by atoms with van der Waals surface area (Å²) in [4.78, 5) is 23.9. The van der Waals surface area contributed by atoms with Crippen LogP contribution in [0, 0.1) is 5.92 Å². The van der Waals surface area contributed by atoms with Gasteiger partial charge in [-0.2, -0.15) is 0 Å². The van der Waals surface area contributed by atoms with Gasteiger partial charge in [-0.05, 0) is 27.2 Å². The van der Waals surface area contributed by atoms with E-state index in [1.54, 1.807) is 0 Å². The minimum absolute atomic E-state index is 0.225. The van der Waals surface area contributed by atoms with Crippen molar-refractivity contribution >= 4 is 12.0 Å². The van der Waals surface area contributed by atoms with Crippen molar-refractivity contribution in [2.24, 2.45) is 11.7 Å². The van der Waals surface area contributed by atoms with Gasteiger partial charge in [0.2, 0.25) is 0 Å². The van der Waals surface area contributed by atoms with Crippen LogP contribution in [0.25, 0.3) is 0 Å². The average molecular weight is 214 g/mol. The first kappa shape index (κ1) is 11.8. The molecule has 1 heterocycles. The Morgan fingerprint density at radius 3 is 2.40 bits per heavy atom. The van der Waals surface area contributed by atoms with Crippen LogP contribution in [0.3, 0.4) is 0 Å². The summed E-state index contributed by atoms with van der Waals surface area (Å²) in [6.45, 7) is 6.40. The number of carbonyl (C=O) groups excluding carboxylic acids is 2. The Labute approximate surface area is 89.6 Å². The van der Waals surface area contributed by atoms with Crippen LogP contribution < -0.4 is 5.73 Å². The first-order valence-electron chi connectivity index (χ1n) is 5.07. The van der Waals surface area contributed by atoms with Gasteiger partial charge < -0.3 is 15.4 Å². The van der Waals surface area contributed by atoms with E-state index in [1.165, 1.54) is 4.90 Å². The van der Waals surface area contributed by atoms with Gasteiger partial charge in [0, 0.05) is 13.1 Å². The quantitative estimate of drug-likeness (QED) is 0.654. The highest BCUT2D eigenvalue weighted by Gasteiger charge is 2.33. The summed E-state index contributed by atoms with van der Waals surface area (Å²) < 4.78 is 5.23. The molecule has 1 saturated heterocycles. The standard InChI is InChI=1S/C10H18N2O3/c1-10(2,3)15-8(13)7-4-5-12(6-7)9(11)14/h7H,4-6H2,1-3H3,(H2,11,14). The highest BCUT2D eigenvalue weighted by molar-refractivity contribution is 5.77. The van der Waals surface area contributed by atoms with Crippen LogP contribution in [0.5, 0.6) is 0 Å². The summed E-state index contributed by atoms with van der Waals surface area (Å²) >= 11 is 0. The molecule has 15 heavy (non-hydrogen) atoms. The van der Waals surface area contributed by atoms with E-state index in [1.807, 2.05) is 20.8 Å². The van der Waals surface area contributed by atoms with Gasteiger partial charge in [0.15, 0.2) is 0 Å². The van der Waals surface area contributed by atoms with Gasteiger partial charge in [-0.25, -0.2) is 4.79 Å². The second-order valence-electron chi connectivity index (χ2n) is 4.80. The molecule has 2 amide bonds. The predicted octanol–water partition coefficient (Wildman–Crippen LogP) is 0.729. The number of rotatable bonds is 1. The van der Waals surface area contributed by atoms with Crippen molar-refractivity contribution in [1.29, 1.82) is 0 Å². The maximum Gasteiger partial charge on any atom is 0.314 e. The number of hydrogen-bond acceptors (Lipinski definition) is 3. The fraction of sp³-hybridized carbons (Fsp3) is 0.800. The number of esters is 1. The van der Waals surface area contributed by atoms with E-state index in [2.05, 4.69) is 0 Å². The monoisotopic (exact) mass is 214 g/mol. The molecule has 5 nitrogen and oxygen atoms in total. The third-order valence-electron chi connectivity index (χ3n) is 2.24. The molecule has 1 fully saturated rings. The summed E-state index contributed by atoms with van der Waals surface area (Å²) in [7, 11) is 0. The van der Waals surface area contributed by atoms with Gasteiger partial charge in [-0.3, -0.25) is 4.79 Å². The highest BCUT2D eigenvalue weighted by Crippen LogP contribution is 2.20. The number of amides is 2. The fourth-order valence-electron chi connectivity index (χ4n) is 1.54. The van der Waals surface area contributed by atoms with Crippen molar-refractivity contribution in [3.63, 3.8) is 0 Å². The SMILES string of the molecule is CC(C)(C)OC(=O)C1CCN(C(N)=O)C1. The second-order valence-corrected chi connectivity index (χ2v) is 4.80. The average Bonchev–Trinajstić information content (AvgIpc) is 2.47. The lowest BCUT2D eigenvalue weighted by Crippen LogP contribution is -2.35. The normalized spacial score (nSPS) is 21.5. The second kappa shape index (κ2) is 4.08. The number of likely N-dealkylation sites (tertiary alicyclic amines) is 1. The van der Waals surface area contributed by atoms with Gasteiger partial charge in [-0.15, -0.1) is 0 Å². The summed E-state index contributed by atoms with van der Waals surface area (Å²) in [6.07, 6.45) is 0.637. The molecular formula is C10H18N2O3. The van der Waals surface area contributed by atoms with Crippen molar-refractivity contribution < 1.29 is 14.3 Å². The number of ether oxygens (including phenoxy) is 1. The zero-order valence-corrected chi connectivity index (χ0v) is 9.45. The predicted molar refractivity (Wildman–Crippen MR) is 55.1 cm³/mol. The first-order valence-corrected chi connectivity index (χ1v) is 5.07. The molecule has 0 aromatic carbocycles. The van der Waals surface area contributed by atoms with Crippen LogP contribution in [-0.4, -0.2) is 35.6 Å². The number of nitrogens with two attached hydrogens (primary N) is 1. The smallest absolute Gasteiger partial charge is 0.314 e. The van der Waals surface area contributed by atoms with Crippen LogP contribution in [0.1, 0.15) is 27.2 Å². The molecule has 0 aliphatic carbocycles. The number of carbonyl (C=O) groups is 2. The third-order valence-corrected chi connectivity index (χ3v) is 2.24. The van der Waals surface area contributed by atoms with E-state index < -0.39 is 11.6 Å². The van der Waals surface area contributed by atoms with Crippen molar-refractivity contribution in [3.8, 4) is 0 Å². The van der Waals surface area contributed by atoms with Crippen LogP contribution in [0.4, 0.5) is 4.79 Å². The van der Waals surface area contributed by atoms with E-state index in [0.29, 0.717) is 19.5 Å². The first-order chi connectivity index (χ1) is 6.79. The van der Waals surface area contributed by atoms with Gasteiger partial charge in [-0.1, -0.05) is 0 Å². The molecule has 2 N–H and O–H groups in total. The highest BCUT2D eigenvalue weighted by atomic mass is 16.6. The lowest BCUT2D eigenvalue weighted by molar-refractivity contribution is -0.159. The molecule has 1 unspecified atom stereocenters. The van der Waals surface area contributed by atoms with Crippen LogP contribution in [0.15, 0.2) is 0 Å². The van der Waals surface area contributed by atoms with E-state index in [-0.39, 0.29) is 11.9 Å². The molecule has 5 heteroatoms. The van der Waals surface area contributed by atoms with Crippen molar-refractivity contribution in [2.75, 3.05) is 13.1 Å². The molecule has 1 aliphatic rings. The molecular weight excluding hydrogens is 196 g/mol. The van der Waals surface area contributed by atoms with Gasteiger partial charge >= 0.3 is 12.0 Å². The van der Waals surface area contributed by atoms with Crippen molar-refractivity contribution in [3.05, 3.63) is 0 Å². The fourth-order valence-corrected chi connectivity index (χ4v) is 1.54. The maximum atomic E-state index is 11.6. The van der Waals surface area contributed by atoms with E-state index >= 15 is 0 Å². The van der Waals surface area contributed by atoms with E-state index in [0.717, 1.165) is 0 Å². The molecule has 0 bridgehead atoms. The van der Waals surface area contributed by atoms with Crippen LogP contribution in [-0.2, 0) is 9.53 Å². The third kappa shape index (κ3) is 3.42. The zero-order valence-electron chi connectivity index (χ0n) is 9.45. The van der Waals surface area contributed by atoms with Crippen LogP contribution in [0.2, 0.25) is 0 Å². The number of primary amides is 1. The minimum atomic E-state index is -0.475. The van der Waals surface area contributed by atoms with Crippen molar-refractivity contribution in [2.45, 2.75) is 32.8 Å². The molecule has 1 atom stereocenters. The van der Waals surface area contributed by atoms with Gasteiger partial charge in [0.05, 0.1) is 5.92 Å². The minimum Gasteiger partial charge on any atom is -0.460 e. The number of hydrogen-bond donors (Lipinski definition) is 1. The Morgan fingerprint density at radius 2 is 2.00 bits per heavy atom. The largest absolute Gasteiger partial charge is 0.460 e. The Bertz CT molecular complexity index is 270. The Balaban J connectivity index is 2.47. The lowest BCUT2D eigenvalue weighted by atomic mass is 10.1. The lowest BCUT2D eigenvalue weighted by Gasteiger charge is -2.22. The summed E-state index contributed by atoms with van der Waals surface area (Å²) in [5.74, 6) is -0.469. The Hall–Kier alpha value is -1.26. The van der Waals surface area contributed by atoms with Gasteiger partial charge in [0.25, 0.3) is 0 Å². The molecule has 0 aromatic heterocycles. The van der Waals surface area contributed by atoms with E-state index in [4.69, 9.17) is 10.5 Å². The van der Waals surface area contributed by atoms with Crippen LogP contribution >= 0.6 is 0 Å². The maximum absolute atomic E-state index is 11.6. The number of nitrogens with zero attached hydrogens (tertiary/aromatic N) is 1. The molecule has 1 aliphatic heterocycles. The molecule has 0 spiro atoms. The summed E-state index contributed by atoms with van der Waals surface area (Å²) in [5, 5.41) is 0.